The van der Waals surface area contributed by atoms with Crippen LogP contribution in [0.4, 0.5) is 4.79 Å². The first-order chi connectivity index (χ1) is 8.13. The molecule has 0 fully saturated rings. The highest BCUT2D eigenvalue weighted by molar-refractivity contribution is 9.10. The van der Waals surface area contributed by atoms with Crippen LogP contribution in [0.25, 0.3) is 10.9 Å². The van der Waals surface area contributed by atoms with Crippen molar-refractivity contribution in [3.05, 3.63) is 34.4 Å². The summed E-state index contributed by atoms with van der Waals surface area (Å²) in [6, 6.07) is 8.29. The second-order valence-electron chi connectivity index (χ2n) is 4.30. The lowest BCUT2D eigenvalue weighted by Crippen LogP contribution is -2.34. The van der Waals surface area contributed by atoms with E-state index >= 15 is 0 Å². The molecule has 5 heteroatoms. The summed E-state index contributed by atoms with van der Waals surface area (Å²) in [5, 5.41) is 12.5. The number of aromatic nitrogens is 1. The summed E-state index contributed by atoms with van der Waals surface area (Å²) in [6.45, 7) is 0.710. The highest BCUT2D eigenvalue weighted by Crippen LogP contribution is 2.28. The van der Waals surface area contributed by atoms with Gasteiger partial charge in [-0.05, 0) is 23.6 Å². The van der Waals surface area contributed by atoms with Gasteiger partial charge in [0.1, 0.15) is 0 Å². The fraction of sp³-hybridized carbons (Fsp3) is 0.250. The normalized spacial score (nSPS) is 18.3. The average Bonchev–Trinajstić information content (AvgIpc) is 2.74. The van der Waals surface area contributed by atoms with Crippen LogP contribution in [0.3, 0.4) is 0 Å². The van der Waals surface area contributed by atoms with E-state index < -0.39 is 6.09 Å². The van der Waals surface area contributed by atoms with Crippen molar-refractivity contribution in [2.75, 3.05) is 0 Å². The Labute approximate surface area is 106 Å². The van der Waals surface area contributed by atoms with Crippen molar-refractivity contribution < 1.29 is 9.90 Å². The van der Waals surface area contributed by atoms with Crippen LogP contribution >= 0.6 is 15.9 Å². The molecule has 88 valence electrons. The van der Waals surface area contributed by atoms with E-state index in [9.17, 15) is 4.79 Å². The van der Waals surface area contributed by atoms with Crippen molar-refractivity contribution in [3.63, 3.8) is 0 Å². The molecular formula is C12H11BrN2O2. The van der Waals surface area contributed by atoms with Crippen LogP contribution < -0.4 is 5.32 Å². The molecular weight excluding hydrogens is 284 g/mol. The fourth-order valence-corrected chi connectivity index (χ4v) is 2.83. The van der Waals surface area contributed by atoms with Crippen LogP contribution in [0.2, 0.25) is 0 Å². The summed E-state index contributed by atoms with van der Waals surface area (Å²) < 4.78 is 3.22. The predicted molar refractivity (Wildman–Crippen MR) is 68.3 cm³/mol. The van der Waals surface area contributed by atoms with E-state index in [0.29, 0.717) is 6.54 Å². The molecule has 0 aliphatic carbocycles. The zero-order chi connectivity index (χ0) is 12.0. The molecule has 2 heterocycles. The van der Waals surface area contributed by atoms with Gasteiger partial charge in [-0.1, -0.05) is 22.0 Å². The van der Waals surface area contributed by atoms with Gasteiger partial charge in [0.2, 0.25) is 0 Å². The van der Waals surface area contributed by atoms with Crippen molar-refractivity contribution in [2.45, 2.75) is 19.0 Å². The highest BCUT2D eigenvalue weighted by Gasteiger charge is 2.24. The molecule has 17 heavy (non-hydrogen) atoms. The van der Waals surface area contributed by atoms with Gasteiger partial charge in [0.25, 0.3) is 0 Å². The number of hydrogen-bond acceptors (Lipinski definition) is 1. The Hall–Kier alpha value is -1.49. The minimum absolute atomic E-state index is 0.00844. The van der Waals surface area contributed by atoms with Crippen molar-refractivity contribution in [1.29, 1.82) is 0 Å². The number of fused-ring (bicyclic) bond motifs is 3. The number of carboxylic acid groups (broad SMARTS) is 1. The maximum atomic E-state index is 10.6. The van der Waals surface area contributed by atoms with Gasteiger partial charge < -0.3 is 15.0 Å². The first-order valence-corrected chi connectivity index (χ1v) is 6.20. The minimum Gasteiger partial charge on any atom is -0.465 e. The van der Waals surface area contributed by atoms with Crippen molar-refractivity contribution in [2.24, 2.45) is 0 Å². The molecule has 0 bridgehead atoms. The Balaban J connectivity index is 1.98. The van der Waals surface area contributed by atoms with Crippen LogP contribution in [-0.4, -0.2) is 21.8 Å². The number of rotatable bonds is 1. The van der Waals surface area contributed by atoms with Crippen LogP contribution in [0.1, 0.15) is 5.69 Å². The molecule has 1 amide bonds. The Morgan fingerprint density at radius 2 is 2.29 bits per heavy atom. The quantitative estimate of drug-likeness (QED) is 0.849. The summed E-state index contributed by atoms with van der Waals surface area (Å²) in [5.41, 5.74) is 2.35. The molecule has 1 aliphatic heterocycles. The molecule has 0 saturated heterocycles. The van der Waals surface area contributed by atoms with Gasteiger partial charge in [0.15, 0.2) is 0 Å². The molecule has 1 atom stereocenters. The predicted octanol–water partition coefficient (Wildman–Crippen LogP) is 2.60. The van der Waals surface area contributed by atoms with Gasteiger partial charge >= 0.3 is 6.09 Å². The summed E-state index contributed by atoms with van der Waals surface area (Å²) >= 11 is 3.46. The number of hydrogen-bond donors (Lipinski definition) is 2. The lowest BCUT2D eigenvalue weighted by molar-refractivity contribution is 0.189. The van der Waals surface area contributed by atoms with Crippen LogP contribution in [0.15, 0.2) is 28.7 Å². The van der Waals surface area contributed by atoms with E-state index in [1.807, 2.05) is 6.07 Å². The first-order valence-electron chi connectivity index (χ1n) is 5.40. The number of benzene rings is 1. The third kappa shape index (κ3) is 1.80. The van der Waals surface area contributed by atoms with Crippen LogP contribution in [-0.2, 0) is 13.0 Å². The smallest absolute Gasteiger partial charge is 0.404 e. The summed E-state index contributed by atoms with van der Waals surface area (Å²) in [7, 11) is 0. The van der Waals surface area contributed by atoms with E-state index in [1.165, 1.54) is 11.1 Å². The SMILES string of the molecule is O=C(O)NC1Cc2cc3ccc(Br)cc3n2C1. The second-order valence-corrected chi connectivity index (χ2v) is 5.22. The molecule has 2 aromatic rings. The van der Waals surface area contributed by atoms with Crippen molar-refractivity contribution in [3.8, 4) is 0 Å². The monoisotopic (exact) mass is 294 g/mol. The Morgan fingerprint density at radius 3 is 3.06 bits per heavy atom. The minimum atomic E-state index is -0.953. The van der Waals surface area contributed by atoms with Gasteiger partial charge in [0.05, 0.1) is 6.04 Å². The molecule has 0 radical (unpaired) electrons. The number of nitrogens with zero attached hydrogens (tertiary/aromatic N) is 1. The van der Waals surface area contributed by atoms with E-state index in [2.05, 4.69) is 44.0 Å². The van der Waals surface area contributed by atoms with Crippen molar-refractivity contribution in [1.82, 2.24) is 9.88 Å². The molecule has 2 N–H and O–H groups in total. The van der Waals surface area contributed by atoms with Gasteiger partial charge in [-0.3, -0.25) is 0 Å². The molecule has 0 saturated carbocycles. The Kier molecular flexibility index (Phi) is 2.36. The molecule has 0 spiro atoms. The zero-order valence-corrected chi connectivity index (χ0v) is 10.6. The van der Waals surface area contributed by atoms with Gasteiger partial charge in [-0.2, -0.15) is 0 Å². The summed E-state index contributed by atoms with van der Waals surface area (Å²) in [6.07, 6.45) is -0.190. The maximum absolute atomic E-state index is 10.6. The zero-order valence-electron chi connectivity index (χ0n) is 8.98. The fourth-order valence-electron chi connectivity index (χ4n) is 2.48. The standard InChI is InChI=1S/C12H11BrN2O2/c13-8-2-1-7-3-10-5-9(14-12(16)17)6-15(10)11(7)4-8/h1-4,9,14H,5-6H2,(H,16,17). The third-order valence-corrected chi connectivity index (χ3v) is 3.63. The molecule has 1 aromatic heterocycles. The topological polar surface area (TPSA) is 54.3 Å². The van der Waals surface area contributed by atoms with E-state index in [0.717, 1.165) is 16.4 Å². The first kappa shape index (κ1) is 10.7. The lowest BCUT2D eigenvalue weighted by atomic mass is 10.2. The number of amides is 1. The maximum Gasteiger partial charge on any atom is 0.404 e. The molecule has 3 rings (SSSR count). The largest absolute Gasteiger partial charge is 0.465 e. The summed E-state index contributed by atoms with van der Waals surface area (Å²) in [4.78, 5) is 10.6. The van der Waals surface area contributed by atoms with Crippen LogP contribution in [0, 0.1) is 0 Å². The number of nitrogens with one attached hydrogen (secondary N) is 1. The molecule has 1 aliphatic rings. The van der Waals surface area contributed by atoms with E-state index in [-0.39, 0.29) is 6.04 Å². The van der Waals surface area contributed by atoms with Crippen molar-refractivity contribution >= 4 is 32.9 Å². The second kappa shape index (κ2) is 3.77. The average molecular weight is 295 g/mol. The molecule has 1 aromatic carbocycles. The summed E-state index contributed by atoms with van der Waals surface area (Å²) in [5.74, 6) is 0. The highest BCUT2D eigenvalue weighted by atomic mass is 79.9. The van der Waals surface area contributed by atoms with Crippen LogP contribution in [0.5, 0.6) is 0 Å². The van der Waals surface area contributed by atoms with Gasteiger partial charge in [0, 0.05) is 28.6 Å². The lowest BCUT2D eigenvalue weighted by Gasteiger charge is -2.09. The molecule has 4 nitrogen and oxygen atoms in total. The third-order valence-electron chi connectivity index (χ3n) is 3.14. The number of carbonyl (C=O) groups is 1. The van der Waals surface area contributed by atoms with Gasteiger partial charge in [-0.15, -0.1) is 0 Å². The van der Waals surface area contributed by atoms with Gasteiger partial charge in [-0.25, -0.2) is 4.79 Å². The van der Waals surface area contributed by atoms with E-state index in [1.54, 1.807) is 0 Å². The van der Waals surface area contributed by atoms with E-state index in [4.69, 9.17) is 5.11 Å². The molecule has 1 unspecified atom stereocenters. The Bertz CT molecular complexity index is 606. The number of halogens is 1. The Morgan fingerprint density at radius 1 is 1.47 bits per heavy atom.